The van der Waals surface area contributed by atoms with Crippen LogP contribution in [0, 0.1) is 13.8 Å². The van der Waals surface area contributed by atoms with Gasteiger partial charge in [-0.1, -0.05) is 205 Å². The van der Waals surface area contributed by atoms with Crippen molar-refractivity contribution in [3.8, 4) is 96.0 Å². The number of hydrogen-bond acceptors (Lipinski definition) is 5. The van der Waals surface area contributed by atoms with Crippen LogP contribution < -0.4 is 0 Å². The fourth-order valence-corrected chi connectivity index (χ4v) is 9.20. The van der Waals surface area contributed by atoms with Crippen molar-refractivity contribution < 1.29 is 0 Å². The predicted octanol–water partition coefficient (Wildman–Crippen LogP) is 15.7. The number of nitrogens with zero attached hydrogens (tertiary/aromatic N) is 6. The number of aromatic nitrogens is 6. The highest BCUT2D eigenvalue weighted by Gasteiger charge is 2.22. The first-order chi connectivity index (χ1) is 34.0. The minimum Gasteiger partial charge on any atom is -0.308 e. The Kier molecular flexibility index (Phi) is 10.5. The predicted molar refractivity (Wildman–Crippen MR) is 283 cm³/mol. The Morgan fingerprint density at radius 2 is 0.652 bits per heavy atom. The molecule has 0 aliphatic heterocycles. The monoisotopic (exact) mass is 884 g/mol. The molecule has 0 aliphatic carbocycles. The van der Waals surface area contributed by atoms with Crippen LogP contribution in [0.25, 0.3) is 118 Å². The molecule has 9 aromatic carbocycles. The van der Waals surface area contributed by atoms with E-state index in [1.807, 2.05) is 72.8 Å². The Hall–Kier alpha value is -9.13. The van der Waals surface area contributed by atoms with Crippen molar-refractivity contribution in [2.45, 2.75) is 13.8 Å². The van der Waals surface area contributed by atoms with Crippen molar-refractivity contribution >= 4 is 21.8 Å². The third-order valence-electron chi connectivity index (χ3n) is 12.8. The molecular formula is C63H44N6. The number of aryl methyl sites for hydroxylation is 2. The zero-order chi connectivity index (χ0) is 46.3. The van der Waals surface area contributed by atoms with Crippen molar-refractivity contribution in [1.82, 2.24) is 29.5 Å². The maximum atomic E-state index is 5.46. The third-order valence-corrected chi connectivity index (χ3v) is 12.8. The molecule has 69 heavy (non-hydrogen) atoms. The molecular weight excluding hydrogens is 841 g/mol. The van der Waals surface area contributed by atoms with Crippen LogP contribution in [0.5, 0.6) is 0 Å². The molecule has 326 valence electrons. The van der Waals surface area contributed by atoms with Crippen LogP contribution in [-0.2, 0) is 0 Å². The van der Waals surface area contributed by atoms with Gasteiger partial charge in [-0.25, -0.2) is 24.9 Å². The summed E-state index contributed by atoms with van der Waals surface area (Å²) in [6, 6.07) is 80.6. The van der Waals surface area contributed by atoms with Gasteiger partial charge in [0, 0.05) is 44.2 Å². The second kappa shape index (κ2) is 17.6. The molecule has 0 amide bonds. The number of fused-ring (bicyclic) bond motifs is 3. The van der Waals surface area contributed by atoms with Crippen LogP contribution in [0.4, 0.5) is 0 Å². The molecule has 0 saturated carbocycles. The molecule has 6 heteroatoms. The molecule has 0 bridgehead atoms. The van der Waals surface area contributed by atoms with Gasteiger partial charge in [0.2, 0.25) is 0 Å². The smallest absolute Gasteiger partial charge is 0.164 e. The normalized spacial score (nSPS) is 11.3. The van der Waals surface area contributed by atoms with Gasteiger partial charge in [-0.2, -0.15) is 0 Å². The highest BCUT2D eigenvalue weighted by Crippen LogP contribution is 2.41. The number of benzene rings is 9. The average molecular weight is 885 g/mol. The van der Waals surface area contributed by atoms with Crippen LogP contribution in [0.15, 0.2) is 231 Å². The summed E-state index contributed by atoms with van der Waals surface area (Å²) in [5.74, 6) is 2.30. The SMILES string of the molecule is Cc1ccc(-c2ccc3c4ccc(-c5ccc(C)cc5)cc4n(-c4ccc(-c5nc(-c6ccccc6)nc(-c6ccccc6)n5)cc4-c4nc(-c5ccccc5)cc(-c5ccccc5)n4)c3c2)cc1. The summed E-state index contributed by atoms with van der Waals surface area (Å²) in [4.78, 5) is 26.3. The largest absolute Gasteiger partial charge is 0.308 e. The van der Waals surface area contributed by atoms with Crippen LogP contribution in [-0.4, -0.2) is 29.5 Å². The molecule has 0 spiro atoms. The lowest BCUT2D eigenvalue weighted by atomic mass is 10.0. The topological polar surface area (TPSA) is 69.4 Å². The maximum Gasteiger partial charge on any atom is 0.164 e. The van der Waals surface area contributed by atoms with E-state index in [1.54, 1.807) is 0 Å². The summed E-state index contributed by atoms with van der Waals surface area (Å²) >= 11 is 0. The van der Waals surface area contributed by atoms with Crippen molar-refractivity contribution in [2.75, 3.05) is 0 Å². The first-order valence-corrected chi connectivity index (χ1v) is 23.2. The third kappa shape index (κ3) is 8.04. The van der Waals surface area contributed by atoms with E-state index in [4.69, 9.17) is 24.9 Å². The molecule has 0 aliphatic rings. The molecule has 3 heterocycles. The Bertz CT molecular complexity index is 3590. The molecule has 12 rings (SSSR count). The zero-order valence-corrected chi connectivity index (χ0v) is 38.1. The summed E-state index contributed by atoms with van der Waals surface area (Å²) in [6.45, 7) is 4.25. The second-order valence-corrected chi connectivity index (χ2v) is 17.5. The van der Waals surface area contributed by atoms with Gasteiger partial charge in [0.05, 0.1) is 28.1 Å². The number of hydrogen-bond donors (Lipinski definition) is 0. The van der Waals surface area contributed by atoms with E-state index in [-0.39, 0.29) is 0 Å². The quantitative estimate of drug-likeness (QED) is 0.144. The molecule has 0 atom stereocenters. The Morgan fingerprint density at radius 3 is 1.09 bits per heavy atom. The van der Waals surface area contributed by atoms with E-state index in [0.717, 1.165) is 94.5 Å². The van der Waals surface area contributed by atoms with Crippen molar-refractivity contribution in [1.29, 1.82) is 0 Å². The van der Waals surface area contributed by atoms with E-state index in [0.29, 0.717) is 23.3 Å². The molecule has 0 radical (unpaired) electrons. The van der Waals surface area contributed by atoms with Gasteiger partial charge < -0.3 is 4.57 Å². The Labute approximate surface area is 401 Å². The molecule has 0 saturated heterocycles. The van der Waals surface area contributed by atoms with Crippen LogP contribution in [0.2, 0.25) is 0 Å². The molecule has 6 nitrogen and oxygen atoms in total. The lowest BCUT2D eigenvalue weighted by molar-refractivity contribution is 1.07. The van der Waals surface area contributed by atoms with Gasteiger partial charge in [0.25, 0.3) is 0 Å². The molecule has 0 N–H and O–H groups in total. The van der Waals surface area contributed by atoms with Gasteiger partial charge in [-0.15, -0.1) is 0 Å². The van der Waals surface area contributed by atoms with Crippen molar-refractivity contribution in [3.05, 3.63) is 242 Å². The molecule has 0 fully saturated rings. The summed E-state index contributed by atoms with van der Waals surface area (Å²) in [7, 11) is 0. The van der Waals surface area contributed by atoms with Crippen LogP contribution >= 0.6 is 0 Å². The Balaban J connectivity index is 1.17. The summed E-state index contributed by atoms with van der Waals surface area (Å²) in [5, 5.41) is 2.29. The van der Waals surface area contributed by atoms with Gasteiger partial charge in [-0.3, -0.25) is 0 Å². The van der Waals surface area contributed by atoms with E-state index in [9.17, 15) is 0 Å². The number of rotatable bonds is 9. The second-order valence-electron chi connectivity index (χ2n) is 17.5. The zero-order valence-electron chi connectivity index (χ0n) is 38.1. The highest BCUT2D eigenvalue weighted by atomic mass is 15.0. The highest BCUT2D eigenvalue weighted by molar-refractivity contribution is 6.11. The van der Waals surface area contributed by atoms with Crippen LogP contribution in [0.1, 0.15) is 11.1 Å². The lowest BCUT2D eigenvalue weighted by Gasteiger charge is -2.17. The van der Waals surface area contributed by atoms with E-state index in [1.165, 1.54) is 11.1 Å². The van der Waals surface area contributed by atoms with Crippen LogP contribution in [0.3, 0.4) is 0 Å². The van der Waals surface area contributed by atoms with Crippen molar-refractivity contribution in [3.63, 3.8) is 0 Å². The van der Waals surface area contributed by atoms with E-state index < -0.39 is 0 Å². The van der Waals surface area contributed by atoms with Gasteiger partial charge in [0.1, 0.15) is 0 Å². The van der Waals surface area contributed by atoms with E-state index >= 15 is 0 Å². The molecule has 3 aromatic heterocycles. The summed E-state index contributed by atoms with van der Waals surface area (Å²) in [5.41, 5.74) is 17.1. The fraction of sp³-hybridized carbons (Fsp3) is 0.0317. The lowest BCUT2D eigenvalue weighted by Crippen LogP contribution is -2.04. The summed E-state index contributed by atoms with van der Waals surface area (Å²) in [6.07, 6.45) is 0. The minimum absolute atomic E-state index is 0.545. The van der Waals surface area contributed by atoms with Gasteiger partial charge >= 0.3 is 0 Å². The van der Waals surface area contributed by atoms with Crippen molar-refractivity contribution in [2.24, 2.45) is 0 Å². The molecule has 12 aromatic rings. The molecule has 0 unspecified atom stereocenters. The maximum absolute atomic E-state index is 5.46. The van der Waals surface area contributed by atoms with Gasteiger partial charge in [-0.05, 0) is 72.5 Å². The van der Waals surface area contributed by atoms with Gasteiger partial charge in [0.15, 0.2) is 23.3 Å². The standard InChI is InChI=1S/C63H44N6/c1-41-23-27-43(28-24-41)49-31-34-52-53-35-32-50(44-29-25-42(2)26-30-44)39-59(53)69(58(52)38-49)57-36-33-51(62-67-60(47-19-11-5-12-20-47)66-61(68-62)48-21-13-6-14-22-48)37-54(57)63-64-55(45-15-7-3-8-16-45)40-56(65-63)46-17-9-4-10-18-46/h3-40H,1-2H3. The Morgan fingerprint density at radius 1 is 0.275 bits per heavy atom. The minimum atomic E-state index is 0.545. The first-order valence-electron chi connectivity index (χ1n) is 23.2. The summed E-state index contributed by atoms with van der Waals surface area (Å²) < 4.78 is 2.40. The first kappa shape index (κ1) is 41.3. The van der Waals surface area contributed by atoms with E-state index in [2.05, 4.69) is 176 Å². The average Bonchev–Trinajstić information content (AvgIpc) is 3.74. The fourth-order valence-electron chi connectivity index (χ4n) is 9.20.